The lowest BCUT2D eigenvalue weighted by Gasteiger charge is -2.26. The molecule has 9 N–H and O–H groups in total. The zero-order chi connectivity index (χ0) is 25.9. The Kier molecular flexibility index (Phi) is 13.2. The molecular formula is C21H39N5O7. The van der Waals surface area contributed by atoms with Crippen LogP contribution in [-0.2, 0) is 24.0 Å². The zero-order valence-corrected chi connectivity index (χ0v) is 20.0. The number of carbonyl (C=O) groups is 5. The summed E-state index contributed by atoms with van der Waals surface area (Å²) in [5.41, 5.74) is 10.7. The van der Waals surface area contributed by atoms with Gasteiger partial charge in [0.25, 0.3) is 0 Å². The Morgan fingerprint density at radius 2 is 1.18 bits per heavy atom. The van der Waals surface area contributed by atoms with E-state index in [1.165, 1.54) is 6.92 Å². The molecule has 0 saturated carbocycles. The van der Waals surface area contributed by atoms with Crippen LogP contribution >= 0.6 is 0 Å². The molecule has 5 atom stereocenters. The molecule has 0 aromatic rings. The van der Waals surface area contributed by atoms with Gasteiger partial charge >= 0.3 is 5.97 Å². The van der Waals surface area contributed by atoms with Gasteiger partial charge in [-0.25, -0.2) is 4.79 Å². The largest absolute Gasteiger partial charge is 0.480 e. The molecule has 0 spiro atoms. The van der Waals surface area contributed by atoms with Gasteiger partial charge in [0.15, 0.2) is 0 Å². The zero-order valence-electron chi connectivity index (χ0n) is 20.0. The number of amides is 4. The fourth-order valence-corrected chi connectivity index (χ4v) is 2.98. The third-order valence-electron chi connectivity index (χ3n) is 4.80. The summed E-state index contributed by atoms with van der Waals surface area (Å²) in [5, 5.41) is 26.3. The van der Waals surface area contributed by atoms with Crippen molar-refractivity contribution in [1.82, 2.24) is 16.0 Å². The predicted octanol–water partition coefficient (Wildman–Crippen LogP) is -1.41. The van der Waals surface area contributed by atoms with Crippen LogP contribution < -0.4 is 27.4 Å². The number of rotatable bonds is 15. The Balaban J connectivity index is 5.57. The van der Waals surface area contributed by atoms with Crippen molar-refractivity contribution in [3.63, 3.8) is 0 Å². The van der Waals surface area contributed by atoms with Crippen molar-refractivity contribution in [1.29, 1.82) is 0 Å². The van der Waals surface area contributed by atoms with E-state index in [1.807, 2.05) is 27.7 Å². The molecule has 12 heteroatoms. The molecule has 0 aliphatic rings. The average molecular weight is 474 g/mol. The molecule has 0 aromatic carbocycles. The van der Waals surface area contributed by atoms with E-state index in [-0.39, 0.29) is 37.5 Å². The maximum atomic E-state index is 12.9. The average Bonchev–Trinajstić information content (AvgIpc) is 2.67. The number of aliphatic hydroxyl groups is 1. The van der Waals surface area contributed by atoms with Crippen LogP contribution in [0.3, 0.4) is 0 Å². The van der Waals surface area contributed by atoms with Crippen molar-refractivity contribution in [3.05, 3.63) is 0 Å². The predicted molar refractivity (Wildman–Crippen MR) is 120 cm³/mol. The van der Waals surface area contributed by atoms with Crippen LogP contribution in [0.2, 0.25) is 0 Å². The lowest BCUT2D eigenvalue weighted by atomic mass is 10.00. The van der Waals surface area contributed by atoms with Crippen LogP contribution in [-0.4, -0.2) is 70.1 Å². The van der Waals surface area contributed by atoms with E-state index in [2.05, 4.69) is 16.0 Å². The highest BCUT2D eigenvalue weighted by Crippen LogP contribution is 2.10. The van der Waals surface area contributed by atoms with Gasteiger partial charge in [-0.05, 0) is 38.0 Å². The molecule has 0 saturated heterocycles. The van der Waals surface area contributed by atoms with E-state index >= 15 is 0 Å². The van der Waals surface area contributed by atoms with Crippen LogP contribution in [0.4, 0.5) is 0 Å². The number of primary amides is 1. The minimum absolute atomic E-state index is 0.0102. The lowest BCUT2D eigenvalue weighted by Crippen LogP contribution is -2.58. The van der Waals surface area contributed by atoms with Crippen molar-refractivity contribution in [2.24, 2.45) is 23.3 Å². The van der Waals surface area contributed by atoms with Crippen LogP contribution in [0.15, 0.2) is 0 Å². The highest BCUT2D eigenvalue weighted by molar-refractivity contribution is 5.94. The number of nitrogens with one attached hydrogen (secondary N) is 3. The monoisotopic (exact) mass is 473 g/mol. The van der Waals surface area contributed by atoms with E-state index in [9.17, 15) is 34.2 Å². The molecule has 33 heavy (non-hydrogen) atoms. The first-order valence-electron chi connectivity index (χ1n) is 11.0. The molecule has 0 radical (unpaired) electrons. The first-order valence-corrected chi connectivity index (χ1v) is 11.0. The number of hydrogen-bond donors (Lipinski definition) is 7. The first-order chi connectivity index (χ1) is 15.1. The summed E-state index contributed by atoms with van der Waals surface area (Å²) in [4.78, 5) is 60.6. The molecule has 5 unspecified atom stereocenters. The van der Waals surface area contributed by atoms with Crippen LogP contribution in [0, 0.1) is 11.8 Å². The summed E-state index contributed by atoms with van der Waals surface area (Å²) in [6.45, 7) is 8.59. The number of carbonyl (C=O) groups excluding carboxylic acids is 4. The second-order valence-electron chi connectivity index (χ2n) is 9.05. The third kappa shape index (κ3) is 12.2. The van der Waals surface area contributed by atoms with Gasteiger partial charge in [-0.2, -0.15) is 0 Å². The highest BCUT2D eigenvalue weighted by atomic mass is 16.4. The fourth-order valence-electron chi connectivity index (χ4n) is 2.98. The summed E-state index contributed by atoms with van der Waals surface area (Å²) < 4.78 is 0. The maximum absolute atomic E-state index is 12.9. The number of carboxylic acids is 1. The Hall–Kier alpha value is -2.73. The second kappa shape index (κ2) is 14.4. The minimum atomic E-state index is -1.31. The number of hydrogen-bond acceptors (Lipinski definition) is 7. The van der Waals surface area contributed by atoms with Gasteiger partial charge in [0.05, 0.1) is 6.10 Å². The molecule has 4 amide bonds. The standard InChI is InChI=1S/C21H39N5O7/c1-10(2)8-14(19(30)26-15(21(32)33)9-11(3)4)25-18(29)13(6-7-16(22)28)24-20(31)17(23)12(5)27/h10-15,17,27H,6-9,23H2,1-5H3,(H2,22,28)(H,24,31)(H,25,29)(H,26,30)(H,32,33). The molecule has 0 heterocycles. The number of aliphatic hydroxyl groups excluding tert-OH is 1. The molecular weight excluding hydrogens is 434 g/mol. The molecule has 0 fully saturated rings. The molecule has 0 aromatic heterocycles. The van der Waals surface area contributed by atoms with Crippen molar-refractivity contribution >= 4 is 29.6 Å². The SMILES string of the molecule is CC(C)CC(NC(=O)C(CC(C)C)NC(=O)C(CCC(N)=O)NC(=O)C(N)C(C)O)C(=O)O. The van der Waals surface area contributed by atoms with Crippen LogP contribution in [0.25, 0.3) is 0 Å². The van der Waals surface area contributed by atoms with Crippen molar-refractivity contribution < 1.29 is 34.2 Å². The minimum Gasteiger partial charge on any atom is -0.480 e. The van der Waals surface area contributed by atoms with E-state index in [4.69, 9.17) is 11.5 Å². The Labute approximate surface area is 194 Å². The molecule has 0 aliphatic heterocycles. The van der Waals surface area contributed by atoms with Gasteiger partial charge in [0.2, 0.25) is 23.6 Å². The van der Waals surface area contributed by atoms with E-state index < -0.39 is 59.9 Å². The van der Waals surface area contributed by atoms with Gasteiger partial charge in [-0.15, -0.1) is 0 Å². The summed E-state index contributed by atoms with van der Waals surface area (Å²) in [6, 6.07) is -4.76. The van der Waals surface area contributed by atoms with E-state index in [1.54, 1.807) is 0 Å². The summed E-state index contributed by atoms with van der Waals surface area (Å²) >= 11 is 0. The van der Waals surface area contributed by atoms with Gasteiger partial charge < -0.3 is 37.6 Å². The summed E-state index contributed by atoms with van der Waals surface area (Å²) in [6.07, 6.45) is -1.15. The normalized spacial score (nSPS) is 15.8. The van der Waals surface area contributed by atoms with Crippen molar-refractivity contribution in [3.8, 4) is 0 Å². The molecule has 12 nitrogen and oxygen atoms in total. The smallest absolute Gasteiger partial charge is 0.326 e. The summed E-state index contributed by atoms with van der Waals surface area (Å²) in [7, 11) is 0. The lowest BCUT2D eigenvalue weighted by molar-refractivity contribution is -0.143. The van der Waals surface area contributed by atoms with E-state index in [0.717, 1.165) is 0 Å². The summed E-state index contributed by atoms with van der Waals surface area (Å²) in [5.74, 6) is -4.17. The van der Waals surface area contributed by atoms with Crippen molar-refractivity contribution in [2.75, 3.05) is 0 Å². The second-order valence-corrected chi connectivity index (χ2v) is 9.05. The highest BCUT2D eigenvalue weighted by Gasteiger charge is 2.31. The van der Waals surface area contributed by atoms with Crippen LogP contribution in [0.5, 0.6) is 0 Å². The molecule has 0 rings (SSSR count). The van der Waals surface area contributed by atoms with Crippen molar-refractivity contribution in [2.45, 2.75) is 90.6 Å². The third-order valence-corrected chi connectivity index (χ3v) is 4.80. The fraction of sp³-hybridized carbons (Fsp3) is 0.762. The van der Waals surface area contributed by atoms with Gasteiger partial charge in [0.1, 0.15) is 24.2 Å². The number of carboxylic acid groups (broad SMARTS) is 1. The molecule has 190 valence electrons. The van der Waals surface area contributed by atoms with E-state index in [0.29, 0.717) is 0 Å². The van der Waals surface area contributed by atoms with Gasteiger partial charge in [0, 0.05) is 6.42 Å². The topological polar surface area (TPSA) is 214 Å². The van der Waals surface area contributed by atoms with Crippen LogP contribution in [0.1, 0.15) is 60.3 Å². The Morgan fingerprint density at radius 1 is 0.758 bits per heavy atom. The number of aliphatic carboxylic acids is 1. The van der Waals surface area contributed by atoms with Gasteiger partial charge in [-0.3, -0.25) is 19.2 Å². The Morgan fingerprint density at radius 3 is 1.61 bits per heavy atom. The maximum Gasteiger partial charge on any atom is 0.326 e. The quantitative estimate of drug-likeness (QED) is 0.150. The Bertz CT molecular complexity index is 696. The molecule has 0 bridgehead atoms. The first kappa shape index (κ1) is 30.3. The number of nitrogens with two attached hydrogens (primary N) is 2. The molecule has 0 aliphatic carbocycles. The van der Waals surface area contributed by atoms with Gasteiger partial charge in [-0.1, -0.05) is 27.7 Å².